The van der Waals surface area contributed by atoms with Gasteiger partial charge in [-0.25, -0.2) is 0 Å². The van der Waals surface area contributed by atoms with Gasteiger partial charge in [0.15, 0.2) is 0 Å². The third-order valence-corrected chi connectivity index (χ3v) is 3.36. The van der Waals surface area contributed by atoms with E-state index in [2.05, 4.69) is 28.2 Å². The fourth-order valence-electron chi connectivity index (χ4n) is 2.42. The van der Waals surface area contributed by atoms with Crippen molar-refractivity contribution in [2.45, 2.75) is 58.0 Å². The van der Waals surface area contributed by atoms with E-state index < -0.39 is 0 Å². The predicted octanol–water partition coefficient (Wildman–Crippen LogP) is 2.89. The Morgan fingerprint density at radius 3 is 2.94 bits per heavy atom. The standard InChI is InChI=1S/C13H23N3/c1-2-8-14-9-12-10-15-16(11-12)13-6-4-3-5-7-13/h10-11,13-14H,2-9H2,1H3. The Morgan fingerprint density at radius 1 is 1.38 bits per heavy atom. The fourth-order valence-corrected chi connectivity index (χ4v) is 2.42. The Balaban J connectivity index is 1.85. The quantitative estimate of drug-likeness (QED) is 0.775. The first-order valence-corrected chi connectivity index (χ1v) is 6.64. The molecule has 0 atom stereocenters. The molecule has 1 aliphatic rings. The Bertz CT molecular complexity index is 300. The zero-order chi connectivity index (χ0) is 11.2. The summed E-state index contributed by atoms with van der Waals surface area (Å²) in [5.74, 6) is 0. The van der Waals surface area contributed by atoms with E-state index in [1.807, 2.05) is 6.20 Å². The first kappa shape index (κ1) is 11.6. The number of rotatable bonds is 5. The van der Waals surface area contributed by atoms with Crippen molar-refractivity contribution >= 4 is 0 Å². The zero-order valence-electron chi connectivity index (χ0n) is 10.3. The van der Waals surface area contributed by atoms with E-state index in [1.165, 1.54) is 44.1 Å². The Labute approximate surface area is 98.2 Å². The first-order valence-electron chi connectivity index (χ1n) is 6.64. The molecule has 1 aromatic heterocycles. The van der Waals surface area contributed by atoms with Gasteiger partial charge in [0.25, 0.3) is 0 Å². The van der Waals surface area contributed by atoms with Gasteiger partial charge in [-0.2, -0.15) is 5.10 Å². The van der Waals surface area contributed by atoms with E-state index in [0.717, 1.165) is 13.1 Å². The molecule has 0 amide bonds. The highest BCUT2D eigenvalue weighted by molar-refractivity contribution is 5.04. The molecule has 16 heavy (non-hydrogen) atoms. The maximum atomic E-state index is 4.50. The molecule has 0 aliphatic heterocycles. The summed E-state index contributed by atoms with van der Waals surface area (Å²) in [5, 5.41) is 7.91. The summed E-state index contributed by atoms with van der Waals surface area (Å²) in [6.07, 6.45) is 12.2. The van der Waals surface area contributed by atoms with Crippen molar-refractivity contribution in [3.63, 3.8) is 0 Å². The van der Waals surface area contributed by atoms with Crippen LogP contribution in [0.5, 0.6) is 0 Å². The molecule has 0 spiro atoms. The average Bonchev–Trinajstić information content (AvgIpc) is 2.79. The van der Waals surface area contributed by atoms with Crippen LogP contribution in [0.15, 0.2) is 12.4 Å². The molecule has 1 N–H and O–H groups in total. The van der Waals surface area contributed by atoms with Gasteiger partial charge < -0.3 is 5.32 Å². The lowest BCUT2D eigenvalue weighted by Crippen LogP contribution is -2.14. The molecule has 0 unspecified atom stereocenters. The SMILES string of the molecule is CCCNCc1cnn(C2CCCCC2)c1. The van der Waals surface area contributed by atoms with Gasteiger partial charge in [-0.15, -0.1) is 0 Å². The minimum Gasteiger partial charge on any atom is -0.313 e. The van der Waals surface area contributed by atoms with Crippen LogP contribution < -0.4 is 5.32 Å². The van der Waals surface area contributed by atoms with Gasteiger partial charge in [0.05, 0.1) is 12.2 Å². The summed E-state index contributed by atoms with van der Waals surface area (Å²) in [6.45, 7) is 4.24. The van der Waals surface area contributed by atoms with Crippen molar-refractivity contribution in [2.24, 2.45) is 0 Å². The van der Waals surface area contributed by atoms with E-state index >= 15 is 0 Å². The maximum absolute atomic E-state index is 4.50. The highest BCUT2D eigenvalue weighted by Crippen LogP contribution is 2.27. The minimum absolute atomic E-state index is 0.661. The van der Waals surface area contributed by atoms with Crippen molar-refractivity contribution in [1.82, 2.24) is 15.1 Å². The molecular formula is C13H23N3. The molecule has 1 aliphatic carbocycles. The van der Waals surface area contributed by atoms with Crippen LogP contribution in [0.2, 0.25) is 0 Å². The van der Waals surface area contributed by atoms with E-state index in [0.29, 0.717) is 6.04 Å². The Morgan fingerprint density at radius 2 is 2.19 bits per heavy atom. The van der Waals surface area contributed by atoms with Crippen molar-refractivity contribution in [1.29, 1.82) is 0 Å². The van der Waals surface area contributed by atoms with E-state index in [9.17, 15) is 0 Å². The molecule has 3 nitrogen and oxygen atoms in total. The molecule has 1 saturated carbocycles. The molecule has 0 saturated heterocycles. The largest absolute Gasteiger partial charge is 0.313 e. The van der Waals surface area contributed by atoms with Crippen molar-refractivity contribution in [2.75, 3.05) is 6.54 Å². The smallest absolute Gasteiger partial charge is 0.0534 e. The van der Waals surface area contributed by atoms with E-state index in [1.54, 1.807) is 0 Å². The van der Waals surface area contributed by atoms with Gasteiger partial charge in [-0.05, 0) is 25.8 Å². The van der Waals surface area contributed by atoms with E-state index in [-0.39, 0.29) is 0 Å². The van der Waals surface area contributed by atoms with Crippen LogP contribution in [0, 0.1) is 0 Å². The summed E-state index contributed by atoms with van der Waals surface area (Å²) in [5.41, 5.74) is 1.32. The summed E-state index contributed by atoms with van der Waals surface area (Å²) in [4.78, 5) is 0. The van der Waals surface area contributed by atoms with Crippen LogP contribution in [-0.2, 0) is 6.54 Å². The van der Waals surface area contributed by atoms with Gasteiger partial charge in [-0.1, -0.05) is 26.2 Å². The average molecular weight is 221 g/mol. The third-order valence-electron chi connectivity index (χ3n) is 3.36. The molecule has 1 fully saturated rings. The first-order chi connectivity index (χ1) is 7.90. The maximum Gasteiger partial charge on any atom is 0.0534 e. The molecule has 0 radical (unpaired) electrons. The highest BCUT2D eigenvalue weighted by Gasteiger charge is 2.15. The molecule has 1 aromatic rings. The van der Waals surface area contributed by atoms with Crippen LogP contribution in [-0.4, -0.2) is 16.3 Å². The summed E-state index contributed by atoms with van der Waals surface area (Å²) >= 11 is 0. The lowest BCUT2D eigenvalue weighted by molar-refractivity contribution is 0.329. The third kappa shape index (κ3) is 3.08. The van der Waals surface area contributed by atoms with Crippen LogP contribution in [0.4, 0.5) is 0 Å². The van der Waals surface area contributed by atoms with Gasteiger partial charge in [-0.3, -0.25) is 4.68 Å². The highest BCUT2D eigenvalue weighted by atomic mass is 15.3. The molecule has 0 bridgehead atoms. The van der Waals surface area contributed by atoms with Crippen LogP contribution >= 0.6 is 0 Å². The summed E-state index contributed by atoms with van der Waals surface area (Å²) in [7, 11) is 0. The van der Waals surface area contributed by atoms with Crippen molar-refractivity contribution in [3.8, 4) is 0 Å². The van der Waals surface area contributed by atoms with Gasteiger partial charge in [0, 0.05) is 18.3 Å². The molecule has 90 valence electrons. The molecule has 2 rings (SSSR count). The monoisotopic (exact) mass is 221 g/mol. The number of aromatic nitrogens is 2. The minimum atomic E-state index is 0.661. The molecule has 1 heterocycles. The van der Waals surface area contributed by atoms with Crippen molar-refractivity contribution < 1.29 is 0 Å². The lowest BCUT2D eigenvalue weighted by atomic mass is 9.96. The molecule has 3 heteroatoms. The number of hydrogen-bond acceptors (Lipinski definition) is 2. The van der Waals surface area contributed by atoms with E-state index in [4.69, 9.17) is 0 Å². The summed E-state index contributed by atoms with van der Waals surface area (Å²) in [6, 6.07) is 0.661. The van der Waals surface area contributed by atoms with Gasteiger partial charge in [0.1, 0.15) is 0 Å². The van der Waals surface area contributed by atoms with Crippen LogP contribution in [0.1, 0.15) is 57.1 Å². The Kier molecular flexibility index (Phi) is 4.40. The second-order valence-corrected chi connectivity index (χ2v) is 4.80. The second-order valence-electron chi connectivity index (χ2n) is 4.80. The van der Waals surface area contributed by atoms with Gasteiger partial charge in [0.2, 0.25) is 0 Å². The predicted molar refractivity (Wildman–Crippen MR) is 66.3 cm³/mol. The second kappa shape index (κ2) is 6.04. The van der Waals surface area contributed by atoms with Crippen LogP contribution in [0.25, 0.3) is 0 Å². The normalized spacial score (nSPS) is 17.8. The lowest BCUT2D eigenvalue weighted by Gasteiger charge is -2.21. The number of hydrogen-bond donors (Lipinski definition) is 1. The topological polar surface area (TPSA) is 29.9 Å². The Hall–Kier alpha value is -0.830. The number of nitrogens with zero attached hydrogens (tertiary/aromatic N) is 2. The van der Waals surface area contributed by atoms with Crippen LogP contribution in [0.3, 0.4) is 0 Å². The fraction of sp³-hybridized carbons (Fsp3) is 0.769. The van der Waals surface area contributed by atoms with Gasteiger partial charge >= 0.3 is 0 Å². The molecular weight excluding hydrogens is 198 g/mol. The zero-order valence-corrected chi connectivity index (χ0v) is 10.3. The van der Waals surface area contributed by atoms with Crippen molar-refractivity contribution in [3.05, 3.63) is 18.0 Å². The summed E-state index contributed by atoms with van der Waals surface area (Å²) < 4.78 is 2.18. The molecule has 0 aromatic carbocycles. The number of nitrogens with one attached hydrogen (secondary N) is 1.